The van der Waals surface area contributed by atoms with Crippen LogP contribution < -0.4 is 10.7 Å². The number of non-ortho nitro benzene ring substituents is 1. The number of aryl methyl sites for hydroxylation is 1. The highest BCUT2D eigenvalue weighted by Gasteiger charge is 2.12. The Balaban J connectivity index is 1.54. The smallest absolute Gasteiger partial charge is 0.269 e. The third-order valence-electron chi connectivity index (χ3n) is 4.22. The molecule has 0 saturated heterocycles. The van der Waals surface area contributed by atoms with Crippen LogP contribution >= 0.6 is 11.6 Å². The molecule has 9 nitrogen and oxygen atoms in total. The lowest BCUT2D eigenvalue weighted by Crippen LogP contribution is -2.35. The lowest BCUT2D eigenvalue weighted by Gasteiger charge is -2.05. The van der Waals surface area contributed by atoms with E-state index in [1.807, 2.05) is 0 Å². The van der Waals surface area contributed by atoms with E-state index in [1.165, 1.54) is 18.3 Å². The summed E-state index contributed by atoms with van der Waals surface area (Å²) in [7, 11) is 0. The van der Waals surface area contributed by atoms with Gasteiger partial charge in [0, 0.05) is 17.7 Å². The Morgan fingerprint density at radius 3 is 2.68 bits per heavy atom. The van der Waals surface area contributed by atoms with Crippen molar-refractivity contribution in [3.8, 4) is 11.3 Å². The van der Waals surface area contributed by atoms with Gasteiger partial charge in [-0.3, -0.25) is 19.7 Å². The minimum atomic E-state index is -0.533. The lowest BCUT2D eigenvalue weighted by atomic mass is 10.1. The van der Waals surface area contributed by atoms with E-state index in [2.05, 4.69) is 15.8 Å². The molecule has 158 valence electrons. The van der Waals surface area contributed by atoms with Crippen LogP contribution in [0.5, 0.6) is 0 Å². The second-order valence-electron chi connectivity index (χ2n) is 6.41. The minimum absolute atomic E-state index is 0.000990. The number of nitrogens with one attached hydrogen (secondary N) is 2. The second kappa shape index (κ2) is 9.68. The van der Waals surface area contributed by atoms with Crippen LogP contribution in [-0.2, 0) is 4.79 Å². The molecule has 2 aromatic carbocycles. The summed E-state index contributed by atoms with van der Waals surface area (Å²) in [5, 5.41) is 17.4. The predicted molar refractivity (Wildman–Crippen MR) is 115 cm³/mol. The number of amides is 2. The van der Waals surface area contributed by atoms with Crippen molar-refractivity contribution in [2.45, 2.75) is 6.92 Å². The Hall–Kier alpha value is -3.98. The SMILES string of the molecule is Cc1cc([N+](=O)[O-])ccc1-c1ccc(/C=N\NC(=O)CNC(=O)c2ccccc2Cl)o1. The van der Waals surface area contributed by atoms with Crippen molar-refractivity contribution < 1.29 is 18.9 Å². The molecule has 0 aliphatic rings. The number of nitro groups is 1. The summed E-state index contributed by atoms with van der Waals surface area (Å²) in [5.74, 6) is -0.131. The van der Waals surface area contributed by atoms with Gasteiger partial charge in [0.2, 0.25) is 0 Å². The van der Waals surface area contributed by atoms with E-state index in [0.717, 1.165) is 0 Å². The average molecular weight is 441 g/mol. The van der Waals surface area contributed by atoms with Crippen LogP contribution in [0, 0.1) is 17.0 Å². The van der Waals surface area contributed by atoms with Gasteiger partial charge in [-0.15, -0.1) is 0 Å². The zero-order valence-corrected chi connectivity index (χ0v) is 17.1. The molecule has 0 spiro atoms. The number of hydrazone groups is 1. The van der Waals surface area contributed by atoms with E-state index in [9.17, 15) is 19.7 Å². The molecule has 0 bridgehead atoms. The number of hydrogen-bond donors (Lipinski definition) is 2. The maximum atomic E-state index is 12.0. The fraction of sp³-hybridized carbons (Fsp3) is 0.0952. The van der Waals surface area contributed by atoms with Crippen LogP contribution in [0.1, 0.15) is 21.7 Å². The summed E-state index contributed by atoms with van der Waals surface area (Å²) >= 11 is 5.94. The number of furan rings is 1. The number of rotatable bonds is 7. The summed E-state index contributed by atoms with van der Waals surface area (Å²) < 4.78 is 5.65. The normalized spacial score (nSPS) is 10.8. The standard InChI is InChI=1S/C21H17ClN4O5/c1-13-10-14(26(29)30)6-8-16(13)19-9-7-15(31-19)11-24-25-20(27)12-23-21(28)17-4-2-3-5-18(17)22/h2-11H,12H2,1H3,(H,23,28)(H,25,27)/b24-11-. The first-order valence-electron chi connectivity index (χ1n) is 9.05. The molecular formula is C21H17ClN4O5. The van der Waals surface area contributed by atoms with Crippen molar-refractivity contribution in [3.05, 3.63) is 86.6 Å². The molecule has 0 saturated carbocycles. The minimum Gasteiger partial charge on any atom is -0.455 e. The van der Waals surface area contributed by atoms with E-state index in [0.29, 0.717) is 22.6 Å². The van der Waals surface area contributed by atoms with Gasteiger partial charge in [-0.1, -0.05) is 23.7 Å². The first-order chi connectivity index (χ1) is 14.8. The van der Waals surface area contributed by atoms with Crippen LogP contribution in [0.3, 0.4) is 0 Å². The number of hydrogen-bond acceptors (Lipinski definition) is 6. The van der Waals surface area contributed by atoms with Gasteiger partial charge >= 0.3 is 0 Å². The molecule has 2 N–H and O–H groups in total. The summed E-state index contributed by atoms with van der Waals surface area (Å²) in [4.78, 5) is 34.3. The number of carbonyl (C=O) groups is 2. The molecule has 1 aromatic heterocycles. The van der Waals surface area contributed by atoms with Crippen LogP contribution in [0.25, 0.3) is 11.3 Å². The van der Waals surface area contributed by atoms with Crippen LogP contribution in [0.15, 0.2) is 64.1 Å². The summed E-state index contributed by atoms with van der Waals surface area (Å²) in [6.45, 7) is 1.46. The van der Waals surface area contributed by atoms with Crippen LogP contribution in [0.2, 0.25) is 5.02 Å². The summed E-state index contributed by atoms with van der Waals surface area (Å²) in [6, 6.07) is 14.3. The number of benzene rings is 2. The molecule has 0 aliphatic carbocycles. The van der Waals surface area contributed by atoms with Gasteiger partial charge in [-0.25, -0.2) is 5.43 Å². The van der Waals surface area contributed by atoms with Gasteiger partial charge in [-0.05, 0) is 42.8 Å². The quantitative estimate of drug-likeness (QED) is 0.329. The monoisotopic (exact) mass is 440 g/mol. The molecule has 0 aliphatic heterocycles. The zero-order chi connectivity index (χ0) is 22.4. The highest BCUT2D eigenvalue weighted by atomic mass is 35.5. The molecule has 0 unspecified atom stereocenters. The largest absolute Gasteiger partial charge is 0.455 e. The molecule has 1 heterocycles. The number of nitrogens with zero attached hydrogens (tertiary/aromatic N) is 2. The molecule has 3 rings (SSSR count). The van der Waals surface area contributed by atoms with Crippen molar-refractivity contribution >= 4 is 35.3 Å². The first kappa shape index (κ1) is 21.7. The number of nitro benzene ring substituents is 1. The Kier molecular flexibility index (Phi) is 6.78. The van der Waals surface area contributed by atoms with Gasteiger partial charge in [0.25, 0.3) is 17.5 Å². The van der Waals surface area contributed by atoms with Gasteiger partial charge in [-0.2, -0.15) is 5.10 Å². The van der Waals surface area contributed by atoms with Crippen LogP contribution in [-0.4, -0.2) is 29.5 Å². The van der Waals surface area contributed by atoms with E-state index in [4.69, 9.17) is 16.0 Å². The highest BCUT2D eigenvalue weighted by Crippen LogP contribution is 2.28. The van der Waals surface area contributed by atoms with Crippen LogP contribution in [0.4, 0.5) is 5.69 Å². The summed E-state index contributed by atoms with van der Waals surface area (Å²) in [6.07, 6.45) is 1.30. The van der Waals surface area contributed by atoms with E-state index in [-0.39, 0.29) is 22.8 Å². The molecule has 0 fully saturated rings. The molecule has 31 heavy (non-hydrogen) atoms. The number of halogens is 1. The lowest BCUT2D eigenvalue weighted by molar-refractivity contribution is -0.384. The number of carbonyl (C=O) groups excluding carboxylic acids is 2. The maximum Gasteiger partial charge on any atom is 0.269 e. The topological polar surface area (TPSA) is 127 Å². The molecule has 0 atom stereocenters. The van der Waals surface area contributed by atoms with E-state index >= 15 is 0 Å². The van der Waals surface area contributed by atoms with Gasteiger partial charge in [0.05, 0.1) is 28.3 Å². The molecule has 3 aromatic rings. The van der Waals surface area contributed by atoms with Crippen molar-refractivity contribution in [2.24, 2.45) is 5.10 Å². The Morgan fingerprint density at radius 2 is 1.97 bits per heavy atom. The molecular weight excluding hydrogens is 424 g/mol. The average Bonchev–Trinajstić information content (AvgIpc) is 3.20. The zero-order valence-electron chi connectivity index (χ0n) is 16.3. The first-order valence-corrected chi connectivity index (χ1v) is 9.43. The maximum absolute atomic E-state index is 12.0. The van der Waals surface area contributed by atoms with Gasteiger partial charge < -0.3 is 9.73 Å². The Morgan fingerprint density at radius 1 is 1.19 bits per heavy atom. The van der Waals surface area contributed by atoms with Crippen molar-refractivity contribution in [2.75, 3.05) is 6.54 Å². The van der Waals surface area contributed by atoms with Gasteiger partial charge in [0.1, 0.15) is 11.5 Å². The molecule has 10 heteroatoms. The van der Waals surface area contributed by atoms with E-state index < -0.39 is 16.7 Å². The predicted octanol–water partition coefficient (Wildman–Crippen LogP) is 3.70. The van der Waals surface area contributed by atoms with Crippen molar-refractivity contribution in [1.82, 2.24) is 10.7 Å². The molecule has 0 radical (unpaired) electrons. The second-order valence-corrected chi connectivity index (χ2v) is 6.82. The third-order valence-corrected chi connectivity index (χ3v) is 4.55. The van der Waals surface area contributed by atoms with Crippen molar-refractivity contribution in [1.29, 1.82) is 0 Å². The fourth-order valence-electron chi connectivity index (χ4n) is 2.71. The fourth-order valence-corrected chi connectivity index (χ4v) is 2.93. The Bertz CT molecular complexity index is 1170. The highest BCUT2D eigenvalue weighted by molar-refractivity contribution is 6.33. The Labute approximate surface area is 181 Å². The van der Waals surface area contributed by atoms with Gasteiger partial charge in [0.15, 0.2) is 0 Å². The third kappa shape index (κ3) is 5.55. The van der Waals surface area contributed by atoms with Crippen molar-refractivity contribution in [3.63, 3.8) is 0 Å². The molecule has 2 amide bonds. The van der Waals surface area contributed by atoms with E-state index in [1.54, 1.807) is 49.4 Å². The summed E-state index contributed by atoms with van der Waals surface area (Å²) in [5.41, 5.74) is 3.94.